The highest BCUT2D eigenvalue weighted by Crippen LogP contribution is 2.45. The van der Waals surface area contributed by atoms with Gasteiger partial charge >= 0.3 is 39.5 Å². The Balaban J connectivity index is 5.15. The molecule has 5 atom stereocenters. The van der Waals surface area contributed by atoms with Crippen LogP contribution in [-0.4, -0.2) is 96.7 Å². The number of carbonyl (C=O) groups excluding carboxylic acids is 4. The second-order valence-corrected chi connectivity index (χ2v) is 33.4. The fraction of sp³-hybridized carbons (Fsp3) is 0.951. The van der Waals surface area contributed by atoms with Crippen LogP contribution < -0.4 is 0 Å². The highest BCUT2D eigenvalue weighted by atomic mass is 31.2. The minimum absolute atomic E-state index is 0.105. The van der Waals surface area contributed by atoms with Crippen LogP contribution in [0.25, 0.3) is 0 Å². The molecule has 600 valence electrons. The zero-order valence-corrected chi connectivity index (χ0v) is 68.0. The Hall–Kier alpha value is -1.94. The van der Waals surface area contributed by atoms with Crippen molar-refractivity contribution in [2.45, 2.75) is 452 Å². The molecule has 0 aromatic rings. The van der Waals surface area contributed by atoms with Crippen molar-refractivity contribution in [1.29, 1.82) is 0 Å². The molecular formula is C82H160O17P2. The van der Waals surface area contributed by atoms with Gasteiger partial charge in [0.1, 0.15) is 19.3 Å². The lowest BCUT2D eigenvalue weighted by molar-refractivity contribution is -0.161. The SMILES string of the molecule is CCCCCCCCCCCCCCCCCCCCCCCC(=O)OC[C@H](COP(=O)(O)OC[C@@H](O)COP(=O)(O)OC[C@@H](COC(=O)CCCCCCCCC)OC(=O)CCCCCCCCCCCC(C)C)OC(=O)CCCCCCCCCCCCCCCCCCCCC(C)C. The minimum Gasteiger partial charge on any atom is -0.462 e. The van der Waals surface area contributed by atoms with Crippen molar-refractivity contribution >= 4 is 39.5 Å². The molecule has 0 bridgehead atoms. The molecule has 0 aliphatic carbocycles. The summed E-state index contributed by atoms with van der Waals surface area (Å²) in [5.74, 6) is -0.558. The maximum atomic E-state index is 13.1. The first-order valence-electron chi connectivity index (χ1n) is 42.5. The molecule has 0 saturated heterocycles. The zero-order valence-electron chi connectivity index (χ0n) is 66.2. The summed E-state index contributed by atoms with van der Waals surface area (Å²) in [7, 11) is -9.91. The maximum Gasteiger partial charge on any atom is 0.472 e. The topological polar surface area (TPSA) is 237 Å². The number of aliphatic hydroxyl groups is 1. The van der Waals surface area contributed by atoms with Crippen molar-refractivity contribution in [3.05, 3.63) is 0 Å². The first-order chi connectivity index (χ1) is 48.9. The number of phosphoric ester groups is 2. The highest BCUT2D eigenvalue weighted by molar-refractivity contribution is 7.47. The summed E-state index contributed by atoms with van der Waals surface area (Å²) in [6.45, 7) is 9.60. The molecule has 0 spiro atoms. The maximum absolute atomic E-state index is 13.1. The monoisotopic (exact) mass is 1480 g/mol. The smallest absolute Gasteiger partial charge is 0.462 e. The van der Waals surface area contributed by atoms with Crippen LogP contribution >= 0.6 is 15.6 Å². The summed E-state index contributed by atoms with van der Waals surface area (Å²) in [6.07, 6.45) is 64.3. The molecule has 0 aliphatic rings. The predicted octanol–water partition coefficient (Wildman–Crippen LogP) is 24.7. The molecule has 0 aromatic heterocycles. The molecule has 2 unspecified atom stereocenters. The fourth-order valence-corrected chi connectivity index (χ4v) is 14.3. The van der Waals surface area contributed by atoms with E-state index in [1.807, 2.05) is 0 Å². The van der Waals surface area contributed by atoms with Crippen LogP contribution in [0.4, 0.5) is 0 Å². The largest absolute Gasteiger partial charge is 0.472 e. The molecule has 0 saturated carbocycles. The van der Waals surface area contributed by atoms with Gasteiger partial charge in [-0.25, -0.2) is 9.13 Å². The molecular weight excluding hydrogens is 1320 g/mol. The third-order valence-electron chi connectivity index (χ3n) is 19.2. The Morgan fingerprint density at radius 3 is 0.673 bits per heavy atom. The van der Waals surface area contributed by atoms with Crippen LogP contribution in [0.2, 0.25) is 0 Å². The van der Waals surface area contributed by atoms with Crippen molar-refractivity contribution in [2.75, 3.05) is 39.6 Å². The number of carbonyl (C=O) groups is 4. The van der Waals surface area contributed by atoms with E-state index < -0.39 is 97.5 Å². The van der Waals surface area contributed by atoms with Crippen LogP contribution in [0.5, 0.6) is 0 Å². The van der Waals surface area contributed by atoms with Gasteiger partial charge in [-0.15, -0.1) is 0 Å². The van der Waals surface area contributed by atoms with E-state index in [2.05, 4.69) is 41.5 Å². The quantitative estimate of drug-likeness (QED) is 0.0222. The Morgan fingerprint density at radius 1 is 0.267 bits per heavy atom. The van der Waals surface area contributed by atoms with Gasteiger partial charge in [-0.1, -0.05) is 382 Å². The Labute approximate surface area is 619 Å². The minimum atomic E-state index is -4.96. The number of unbranched alkanes of at least 4 members (excludes halogenated alkanes) is 51. The van der Waals surface area contributed by atoms with Crippen LogP contribution in [0.3, 0.4) is 0 Å². The molecule has 0 aliphatic heterocycles. The first-order valence-corrected chi connectivity index (χ1v) is 45.5. The van der Waals surface area contributed by atoms with Crippen molar-refractivity contribution in [2.24, 2.45) is 11.8 Å². The molecule has 0 heterocycles. The third kappa shape index (κ3) is 76.1. The molecule has 101 heavy (non-hydrogen) atoms. The summed E-state index contributed by atoms with van der Waals surface area (Å²) in [6, 6.07) is 0. The third-order valence-corrected chi connectivity index (χ3v) is 21.1. The van der Waals surface area contributed by atoms with Gasteiger partial charge in [-0.2, -0.15) is 0 Å². The van der Waals surface area contributed by atoms with Gasteiger partial charge in [0.2, 0.25) is 0 Å². The lowest BCUT2D eigenvalue weighted by Gasteiger charge is -2.21. The molecule has 0 aromatic carbocycles. The number of hydrogen-bond donors (Lipinski definition) is 3. The van der Waals surface area contributed by atoms with Crippen molar-refractivity contribution in [3.8, 4) is 0 Å². The van der Waals surface area contributed by atoms with E-state index in [0.29, 0.717) is 25.7 Å². The van der Waals surface area contributed by atoms with Gasteiger partial charge in [0, 0.05) is 25.7 Å². The lowest BCUT2D eigenvalue weighted by Crippen LogP contribution is -2.30. The van der Waals surface area contributed by atoms with Crippen molar-refractivity contribution < 1.29 is 80.2 Å². The van der Waals surface area contributed by atoms with E-state index in [1.165, 1.54) is 238 Å². The van der Waals surface area contributed by atoms with Gasteiger partial charge < -0.3 is 33.8 Å². The fourth-order valence-electron chi connectivity index (χ4n) is 12.7. The molecule has 17 nitrogen and oxygen atoms in total. The van der Waals surface area contributed by atoms with Crippen LogP contribution in [0, 0.1) is 11.8 Å². The van der Waals surface area contributed by atoms with Gasteiger partial charge in [0.15, 0.2) is 12.2 Å². The molecule has 0 fully saturated rings. The molecule has 0 radical (unpaired) electrons. The second-order valence-electron chi connectivity index (χ2n) is 30.5. The highest BCUT2D eigenvalue weighted by Gasteiger charge is 2.30. The molecule has 0 rings (SSSR count). The lowest BCUT2D eigenvalue weighted by atomic mass is 10.0. The number of phosphoric acid groups is 2. The van der Waals surface area contributed by atoms with E-state index in [1.54, 1.807) is 0 Å². The number of esters is 4. The summed E-state index contributed by atoms with van der Waals surface area (Å²) < 4.78 is 68.6. The van der Waals surface area contributed by atoms with Crippen LogP contribution in [0.1, 0.15) is 433 Å². The average molecular weight is 1480 g/mol. The summed E-state index contributed by atoms with van der Waals surface area (Å²) in [4.78, 5) is 72.8. The number of rotatable bonds is 81. The average Bonchev–Trinajstić information content (AvgIpc) is 0.997. The molecule has 19 heteroatoms. The summed E-state index contributed by atoms with van der Waals surface area (Å²) in [5, 5.41) is 10.6. The van der Waals surface area contributed by atoms with Crippen molar-refractivity contribution in [1.82, 2.24) is 0 Å². The van der Waals surface area contributed by atoms with E-state index >= 15 is 0 Å². The normalized spacial score (nSPS) is 13.9. The van der Waals surface area contributed by atoms with Gasteiger partial charge in [-0.3, -0.25) is 37.3 Å². The van der Waals surface area contributed by atoms with E-state index in [-0.39, 0.29) is 25.7 Å². The van der Waals surface area contributed by atoms with Gasteiger partial charge in [0.05, 0.1) is 26.4 Å². The summed E-state index contributed by atoms with van der Waals surface area (Å²) >= 11 is 0. The summed E-state index contributed by atoms with van der Waals surface area (Å²) in [5.41, 5.74) is 0. The zero-order chi connectivity index (χ0) is 74.2. The first kappa shape index (κ1) is 99.1. The molecule has 0 amide bonds. The van der Waals surface area contributed by atoms with E-state index in [0.717, 1.165) is 115 Å². The Morgan fingerprint density at radius 2 is 0.455 bits per heavy atom. The van der Waals surface area contributed by atoms with Gasteiger partial charge in [-0.05, 0) is 37.5 Å². The van der Waals surface area contributed by atoms with Crippen LogP contribution in [-0.2, 0) is 65.4 Å². The standard InChI is InChI=1S/C82H160O17P2/c1-7-9-11-13-15-16-17-18-19-20-21-22-23-27-30-33-36-41-47-53-59-65-80(85)93-71-78(99-81(86)66-60-54-48-42-37-34-31-28-25-24-26-29-32-35-39-45-50-56-62-74(3)4)73-97-101(90,91)95-69-76(83)68-94-100(88,89)96-72-77(70-92-79(84)64-58-52-44-14-12-10-8-2)98-82(87)67-61-55-49-43-38-40-46-51-57-63-75(5)6/h74-78,83H,7-73H2,1-6H3,(H,88,89)(H,90,91)/t76-,77+,78+/m0/s1. The van der Waals surface area contributed by atoms with E-state index in [4.69, 9.17) is 37.0 Å². The number of hydrogen-bond acceptors (Lipinski definition) is 15. The second kappa shape index (κ2) is 73.6. The Bertz CT molecular complexity index is 1940. The number of aliphatic hydroxyl groups excluding tert-OH is 1. The predicted molar refractivity (Wildman–Crippen MR) is 414 cm³/mol. The van der Waals surface area contributed by atoms with Crippen LogP contribution in [0.15, 0.2) is 0 Å². The van der Waals surface area contributed by atoms with Gasteiger partial charge in [0.25, 0.3) is 0 Å². The number of ether oxygens (including phenoxy) is 4. The van der Waals surface area contributed by atoms with Crippen molar-refractivity contribution in [3.63, 3.8) is 0 Å². The van der Waals surface area contributed by atoms with E-state index in [9.17, 15) is 43.2 Å². The Kier molecular flexibility index (Phi) is 72.2. The molecule has 3 N–H and O–H groups in total.